The maximum absolute atomic E-state index is 10.5. The van der Waals surface area contributed by atoms with Gasteiger partial charge in [0.1, 0.15) is 36.3 Å². The van der Waals surface area contributed by atoms with E-state index in [0.29, 0.717) is 23.6 Å². The first-order valence-electron chi connectivity index (χ1n) is 9.68. The van der Waals surface area contributed by atoms with Gasteiger partial charge in [0.15, 0.2) is 0 Å². The van der Waals surface area contributed by atoms with Gasteiger partial charge in [-0.3, -0.25) is 0 Å². The summed E-state index contributed by atoms with van der Waals surface area (Å²) in [7, 11) is 1.36. The number of rotatable bonds is 11. The number of hydrogen-bond acceptors (Lipinski definition) is 7. The molecule has 8 heteroatoms. The van der Waals surface area contributed by atoms with Crippen molar-refractivity contribution in [3.63, 3.8) is 0 Å². The third-order valence-corrected chi connectivity index (χ3v) is 5.24. The predicted molar refractivity (Wildman–Crippen MR) is 113 cm³/mol. The van der Waals surface area contributed by atoms with Gasteiger partial charge in [0.2, 0.25) is 0 Å². The van der Waals surface area contributed by atoms with E-state index in [9.17, 15) is 20.4 Å². The van der Waals surface area contributed by atoms with E-state index in [-0.39, 0.29) is 0 Å². The fraction of sp³-hybridized carbons (Fsp3) is 0.455. The van der Waals surface area contributed by atoms with E-state index >= 15 is 0 Å². The lowest BCUT2D eigenvalue weighted by Gasteiger charge is -2.30. The molecule has 0 bridgehead atoms. The van der Waals surface area contributed by atoms with E-state index in [1.807, 2.05) is 31.2 Å². The van der Waals surface area contributed by atoms with Crippen LogP contribution >= 0.6 is 11.6 Å². The van der Waals surface area contributed by atoms with Crippen LogP contribution in [0.1, 0.15) is 29.7 Å². The Morgan fingerprint density at radius 3 is 2.17 bits per heavy atom. The first-order chi connectivity index (χ1) is 14.3. The van der Waals surface area contributed by atoms with Gasteiger partial charge in [0.05, 0.1) is 13.2 Å². The Hall–Kier alpha value is -1.71. The topological polar surface area (TPSA) is 120 Å². The van der Waals surface area contributed by atoms with E-state index < -0.39 is 37.1 Å². The van der Waals surface area contributed by atoms with Gasteiger partial charge >= 0.3 is 0 Å². The van der Waals surface area contributed by atoms with Crippen LogP contribution in [0.25, 0.3) is 0 Å². The molecule has 0 radical (unpaired) electrons. The Labute approximate surface area is 181 Å². The number of benzene rings is 2. The van der Waals surface area contributed by atoms with Crippen LogP contribution in [0.2, 0.25) is 5.02 Å². The number of ether oxygens (including phenoxy) is 2. The summed E-state index contributed by atoms with van der Waals surface area (Å²) in [6, 6.07) is 12.7. The lowest BCUT2D eigenvalue weighted by atomic mass is 9.93. The Morgan fingerprint density at radius 2 is 1.60 bits per heavy atom. The minimum atomic E-state index is -1.74. The number of hydrogen-bond donors (Lipinski definition) is 5. The van der Waals surface area contributed by atoms with Crippen molar-refractivity contribution >= 4 is 11.6 Å². The van der Waals surface area contributed by atoms with Crippen LogP contribution in [0.15, 0.2) is 42.5 Å². The highest BCUT2D eigenvalue weighted by atomic mass is 35.5. The van der Waals surface area contributed by atoms with E-state index in [0.717, 1.165) is 16.9 Å². The quantitative estimate of drug-likeness (QED) is 0.358. The molecule has 0 amide bonds. The van der Waals surface area contributed by atoms with Gasteiger partial charge in [-0.05, 0) is 48.2 Å². The standard InChI is InChI=1S/C22H29ClO7/c1-3-30-16-7-4-13(5-8-16)10-15-11-14(6-9-17(15)23)22(29-2)21(28)20(27)19(26)18(25)12-24/h4-9,11,18-22,24-28H,3,10,12H2,1-2H3/t18-,19-,20+,21-,22?/m1/s1. The second-order valence-electron chi connectivity index (χ2n) is 6.98. The molecule has 0 aromatic heterocycles. The molecule has 0 saturated heterocycles. The van der Waals surface area contributed by atoms with Crippen LogP contribution in [0.5, 0.6) is 5.75 Å². The minimum Gasteiger partial charge on any atom is -0.494 e. The van der Waals surface area contributed by atoms with Gasteiger partial charge in [-0.15, -0.1) is 0 Å². The summed E-state index contributed by atoms with van der Waals surface area (Å²) >= 11 is 6.35. The van der Waals surface area contributed by atoms with Crippen LogP contribution in [0.3, 0.4) is 0 Å². The molecule has 0 aliphatic carbocycles. The van der Waals surface area contributed by atoms with Gasteiger partial charge in [-0.2, -0.15) is 0 Å². The van der Waals surface area contributed by atoms with Crippen molar-refractivity contribution in [1.82, 2.24) is 0 Å². The predicted octanol–water partition coefficient (Wildman–Crippen LogP) is 1.45. The largest absolute Gasteiger partial charge is 0.494 e. The van der Waals surface area contributed by atoms with Crippen molar-refractivity contribution < 1.29 is 35.0 Å². The molecule has 0 fully saturated rings. The molecule has 5 atom stereocenters. The van der Waals surface area contributed by atoms with Gasteiger partial charge in [-0.25, -0.2) is 0 Å². The smallest absolute Gasteiger partial charge is 0.119 e. The van der Waals surface area contributed by atoms with Crippen molar-refractivity contribution in [2.75, 3.05) is 20.3 Å². The number of methoxy groups -OCH3 is 1. The van der Waals surface area contributed by atoms with E-state index in [2.05, 4.69) is 0 Å². The normalized spacial score (nSPS) is 16.5. The highest BCUT2D eigenvalue weighted by Gasteiger charge is 2.35. The van der Waals surface area contributed by atoms with Crippen molar-refractivity contribution in [3.05, 3.63) is 64.2 Å². The fourth-order valence-electron chi connectivity index (χ4n) is 3.19. The summed E-state index contributed by atoms with van der Waals surface area (Å²) in [4.78, 5) is 0. The number of aliphatic hydroxyl groups excluding tert-OH is 5. The van der Waals surface area contributed by atoms with Crippen LogP contribution < -0.4 is 4.74 Å². The van der Waals surface area contributed by atoms with Crippen LogP contribution in [-0.4, -0.2) is 70.3 Å². The van der Waals surface area contributed by atoms with Crippen molar-refractivity contribution in [3.8, 4) is 5.75 Å². The lowest BCUT2D eigenvalue weighted by Crippen LogP contribution is -2.48. The van der Waals surface area contributed by atoms with Gasteiger partial charge in [0, 0.05) is 12.1 Å². The van der Waals surface area contributed by atoms with Crippen LogP contribution in [0.4, 0.5) is 0 Å². The summed E-state index contributed by atoms with van der Waals surface area (Å²) in [6.07, 6.45) is -7.07. The minimum absolute atomic E-state index is 0.528. The highest BCUT2D eigenvalue weighted by molar-refractivity contribution is 6.31. The second-order valence-corrected chi connectivity index (χ2v) is 7.39. The maximum Gasteiger partial charge on any atom is 0.119 e. The maximum atomic E-state index is 10.5. The third-order valence-electron chi connectivity index (χ3n) is 4.87. The molecule has 166 valence electrons. The molecule has 30 heavy (non-hydrogen) atoms. The van der Waals surface area contributed by atoms with Crippen molar-refractivity contribution in [2.45, 2.75) is 43.9 Å². The Bertz CT molecular complexity index is 784. The van der Waals surface area contributed by atoms with Crippen LogP contribution in [0, 0.1) is 0 Å². The second kappa shape index (κ2) is 11.6. The molecule has 5 N–H and O–H groups in total. The van der Waals surface area contributed by atoms with Crippen LogP contribution in [-0.2, 0) is 11.2 Å². The van der Waals surface area contributed by atoms with E-state index in [1.54, 1.807) is 18.2 Å². The van der Waals surface area contributed by atoms with E-state index in [1.165, 1.54) is 7.11 Å². The van der Waals surface area contributed by atoms with Crippen molar-refractivity contribution in [2.24, 2.45) is 0 Å². The summed E-state index contributed by atoms with van der Waals surface area (Å²) < 4.78 is 10.8. The fourth-order valence-corrected chi connectivity index (χ4v) is 3.37. The zero-order valence-electron chi connectivity index (χ0n) is 17.0. The van der Waals surface area contributed by atoms with Gasteiger partial charge in [0.25, 0.3) is 0 Å². The molecule has 0 aliphatic rings. The first-order valence-corrected chi connectivity index (χ1v) is 10.1. The molecule has 7 nitrogen and oxygen atoms in total. The Morgan fingerprint density at radius 1 is 0.933 bits per heavy atom. The highest BCUT2D eigenvalue weighted by Crippen LogP contribution is 2.29. The average Bonchev–Trinajstić information content (AvgIpc) is 2.76. The summed E-state index contributed by atoms with van der Waals surface area (Å²) in [5, 5.41) is 49.6. The SMILES string of the molecule is CCOc1ccc(Cc2cc(C(OC)[C@H](O)[C@@H](O)[C@H](O)[C@H](O)CO)ccc2Cl)cc1. The summed E-state index contributed by atoms with van der Waals surface area (Å²) in [5.41, 5.74) is 2.34. The number of halogens is 1. The molecule has 2 aromatic carbocycles. The lowest BCUT2D eigenvalue weighted by molar-refractivity contribution is -0.146. The molecule has 2 rings (SSSR count). The zero-order valence-corrected chi connectivity index (χ0v) is 17.7. The zero-order chi connectivity index (χ0) is 22.3. The van der Waals surface area contributed by atoms with E-state index in [4.69, 9.17) is 26.2 Å². The molecule has 0 saturated carbocycles. The Kier molecular flexibility index (Phi) is 9.51. The third kappa shape index (κ3) is 6.15. The van der Waals surface area contributed by atoms with Gasteiger partial charge in [-0.1, -0.05) is 35.9 Å². The van der Waals surface area contributed by atoms with Gasteiger partial charge < -0.3 is 35.0 Å². The molecule has 0 heterocycles. The molecule has 1 unspecified atom stereocenters. The molecular formula is C22H29ClO7. The summed E-state index contributed by atoms with van der Waals surface area (Å²) in [6.45, 7) is 1.75. The number of aliphatic hydroxyl groups is 5. The first kappa shape index (κ1) is 24.6. The molecule has 0 aliphatic heterocycles. The van der Waals surface area contributed by atoms with Crippen molar-refractivity contribution in [1.29, 1.82) is 0 Å². The molecule has 0 spiro atoms. The molecular weight excluding hydrogens is 412 g/mol. The molecule has 2 aromatic rings. The average molecular weight is 441 g/mol. The Balaban J connectivity index is 2.22. The summed E-state index contributed by atoms with van der Waals surface area (Å²) in [5.74, 6) is 0.779. The monoisotopic (exact) mass is 440 g/mol.